The van der Waals surface area contributed by atoms with E-state index in [9.17, 15) is 0 Å². The third kappa shape index (κ3) is 3.83. The SMILES string of the molecule is CN/C=C(\C=N)c1cnc2ccc(NC3=CC(C(C)C)=CNN3)nc2c1. The van der Waals surface area contributed by atoms with Crippen molar-refractivity contribution in [3.05, 3.63) is 59.8 Å². The smallest absolute Gasteiger partial charge is 0.132 e. The van der Waals surface area contributed by atoms with E-state index in [0.717, 1.165) is 33.8 Å². The van der Waals surface area contributed by atoms with Gasteiger partial charge >= 0.3 is 0 Å². The van der Waals surface area contributed by atoms with Crippen molar-refractivity contribution in [3.8, 4) is 0 Å². The highest BCUT2D eigenvalue weighted by atomic mass is 15.4. The van der Waals surface area contributed by atoms with Crippen molar-refractivity contribution in [1.82, 2.24) is 26.1 Å². The molecule has 1 aliphatic rings. The maximum absolute atomic E-state index is 7.55. The normalized spacial score (nSPS) is 14.2. The van der Waals surface area contributed by atoms with Gasteiger partial charge in [-0.05, 0) is 35.8 Å². The Balaban J connectivity index is 1.90. The van der Waals surface area contributed by atoms with E-state index in [1.165, 1.54) is 11.8 Å². The molecule has 26 heavy (non-hydrogen) atoms. The molecule has 0 aromatic carbocycles. The molecule has 7 heteroatoms. The first-order valence-electron chi connectivity index (χ1n) is 8.46. The maximum atomic E-state index is 7.55. The largest absolute Gasteiger partial charge is 0.393 e. The summed E-state index contributed by atoms with van der Waals surface area (Å²) in [6.45, 7) is 4.29. The van der Waals surface area contributed by atoms with Gasteiger partial charge in [0.15, 0.2) is 0 Å². The molecule has 5 N–H and O–H groups in total. The van der Waals surface area contributed by atoms with Crippen LogP contribution in [0.2, 0.25) is 0 Å². The molecular weight excluding hydrogens is 326 g/mol. The fourth-order valence-corrected chi connectivity index (χ4v) is 2.58. The molecule has 0 unspecified atom stereocenters. The zero-order valence-electron chi connectivity index (χ0n) is 15.1. The van der Waals surface area contributed by atoms with E-state index >= 15 is 0 Å². The molecule has 0 spiro atoms. The molecular formula is C19H23N7. The van der Waals surface area contributed by atoms with Gasteiger partial charge in [-0.3, -0.25) is 10.4 Å². The molecule has 0 bridgehead atoms. The van der Waals surface area contributed by atoms with Crippen molar-refractivity contribution in [3.63, 3.8) is 0 Å². The van der Waals surface area contributed by atoms with Crippen molar-refractivity contribution in [2.75, 3.05) is 12.4 Å². The summed E-state index contributed by atoms with van der Waals surface area (Å²) in [6, 6.07) is 5.75. The summed E-state index contributed by atoms with van der Waals surface area (Å²) < 4.78 is 0. The summed E-state index contributed by atoms with van der Waals surface area (Å²) in [5, 5.41) is 13.8. The van der Waals surface area contributed by atoms with Crippen LogP contribution in [0.25, 0.3) is 16.6 Å². The highest BCUT2D eigenvalue weighted by Crippen LogP contribution is 2.20. The lowest BCUT2D eigenvalue weighted by Gasteiger charge is -2.20. The second-order valence-corrected chi connectivity index (χ2v) is 6.24. The van der Waals surface area contributed by atoms with Gasteiger partial charge in [0.05, 0.1) is 11.0 Å². The van der Waals surface area contributed by atoms with E-state index < -0.39 is 0 Å². The van der Waals surface area contributed by atoms with Crippen LogP contribution in [-0.2, 0) is 0 Å². The molecule has 0 atom stereocenters. The number of anilines is 1. The van der Waals surface area contributed by atoms with Crippen LogP contribution in [0.5, 0.6) is 0 Å². The van der Waals surface area contributed by atoms with Gasteiger partial charge in [-0.1, -0.05) is 13.8 Å². The van der Waals surface area contributed by atoms with Crippen molar-refractivity contribution in [2.45, 2.75) is 13.8 Å². The Morgan fingerprint density at radius 1 is 1.27 bits per heavy atom. The summed E-state index contributed by atoms with van der Waals surface area (Å²) in [5.74, 6) is 1.98. The van der Waals surface area contributed by atoms with E-state index in [4.69, 9.17) is 5.41 Å². The van der Waals surface area contributed by atoms with Crippen LogP contribution in [0, 0.1) is 11.3 Å². The number of hydrazine groups is 1. The second kappa shape index (κ2) is 7.69. The van der Waals surface area contributed by atoms with Crippen LogP contribution in [0.3, 0.4) is 0 Å². The van der Waals surface area contributed by atoms with Gasteiger partial charge < -0.3 is 21.5 Å². The number of allylic oxidation sites excluding steroid dienone is 3. The first kappa shape index (κ1) is 17.5. The summed E-state index contributed by atoms with van der Waals surface area (Å²) in [6.07, 6.45) is 8.82. The van der Waals surface area contributed by atoms with E-state index in [1.807, 2.05) is 24.4 Å². The number of hydrogen-bond acceptors (Lipinski definition) is 7. The minimum Gasteiger partial charge on any atom is -0.393 e. The number of pyridine rings is 2. The first-order chi connectivity index (χ1) is 12.6. The number of rotatable bonds is 6. The predicted molar refractivity (Wildman–Crippen MR) is 106 cm³/mol. The van der Waals surface area contributed by atoms with Gasteiger partial charge in [0, 0.05) is 43.0 Å². The summed E-state index contributed by atoms with van der Waals surface area (Å²) >= 11 is 0. The van der Waals surface area contributed by atoms with Gasteiger partial charge in [0.2, 0.25) is 0 Å². The van der Waals surface area contributed by atoms with Crippen molar-refractivity contribution >= 4 is 28.6 Å². The standard InChI is InChI=1S/C19H23N7/c1-12(2)13-7-19(26-23-11-13)25-18-5-4-16-17(24-18)6-14(10-22-16)15(8-20)9-21-3/h4-12,20-21,23,26H,1-3H3,(H,24,25)/b15-9+,20-8?. The molecule has 3 rings (SSSR count). The number of aromatic nitrogens is 2. The monoisotopic (exact) mass is 349 g/mol. The van der Waals surface area contributed by atoms with Crippen LogP contribution in [0.1, 0.15) is 19.4 Å². The third-order valence-electron chi connectivity index (χ3n) is 4.01. The molecule has 3 heterocycles. The van der Waals surface area contributed by atoms with Gasteiger partial charge in [-0.2, -0.15) is 0 Å². The summed E-state index contributed by atoms with van der Waals surface area (Å²) in [4.78, 5) is 9.09. The van der Waals surface area contributed by atoms with Gasteiger partial charge in [0.1, 0.15) is 11.6 Å². The Kier molecular flexibility index (Phi) is 5.17. The zero-order chi connectivity index (χ0) is 18.5. The molecule has 7 nitrogen and oxygen atoms in total. The minimum absolute atomic E-state index is 0.427. The van der Waals surface area contributed by atoms with Gasteiger partial charge in [-0.15, -0.1) is 0 Å². The lowest BCUT2D eigenvalue weighted by atomic mass is 10.0. The Morgan fingerprint density at radius 3 is 2.85 bits per heavy atom. The molecule has 0 fully saturated rings. The van der Waals surface area contributed by atoms with E-state index in [0.29, 0.717) is 5.92 Å². The lowest BCUT2D eigenvalue weighted by Crippen LogP contribution is -2.33. The molecule has 2 aromatic heterocycles. The highest BCUT2D eigenvalue weighted by Gasteiger charge is 2.09. The van der Waals surface area contributed by atoms with Crippen molar-refractivity contribution in [1.29, 1.82) is 5.41 Å². The van der Waals surface area contributed by atoms with Crippen molar-refractivity contribution in [2.24, 2.45) is 5.92 Å². The number of nitrogens with one attached hydrogen (secondary N) is 5. The Hall–Kier alpha value is -3.35. The topological polar surface area (TPSA) is 97.8 Å². The van der Waals surface area contributed by atoms with Gasteiger partial charge in [-0.25, -0.2) is 4.98 Å². The van der Waals surface area contributed by atoms with Crippen LogP contribution >= 0.6 is 0 Å². The predicted octanol–water partition coefficient (Wildman–Crippen LogP) is 2.74. The first-order valence-corrected chi connectivity index (χ1v) is 8.46. The Bertz CT molecular complexity index is 909. The quantitative estimate of drug-likeness (QED) is 0.515. The number of fused-ring (bicyclic) bond motifs is 1. The average Bonchev–Trinajstić information content (AvgIpc) is 2.65. The van der Waals surface area contributed by atoms with E-state index in [-0.39, 0.29) is 0 Å². The van der Waals surface area contributed by atoms with E-state index in [2.05, 4.69) is 51.4 Å². The van der Waals surface area contributed by atoms with Crippen LogP contribution in [0.15, 0.2) is 54.3 Å². The lowest BCUT2D eigenvalue weighted by molar-refractivity contribution is 0.677. The molecule has 0 saturated carbocycles. The minimum atomic E-state index is 0.427. The summed E-state index contributed by atoms with van der Waals surface area (Å²) in [7, 11) is 1.80. The maximum Gasteiger partial charge on any atom is 0.132 e. The summed E-state index contributed by atoms with van der Waals surface area (Å²) in [5.41, 5.74) is 10.5. The van der Waals surface area contributed by atoms with Gasteiger partial charge in [0.25, 0.3) is 0 Å². The number of hydrogen-bond donors (Lipinski definition) is 5. The highest BCUT2D eigenvalue weighted by molar-refractivity contribution is 6.08. The molecule has 0 aliphatic carbocycles. The fraction of sp³-hybridized carbons (Fsp3) is 0.211. The zero-order valence-corrected chi connectivity index (χ0v) is 15.1. The Labute approximate surface area is 152 Å². The third-order valence-corrected chi connectivity index (χ3v) is 4.01. The van der Waals surface area contributed by atoms with Crippen molar-refractivity contribution < 1.29 is 0 Å². The number of nitrogens with zero attached hydrogens (tertiary/aromatic N) is 2. The Morgan fingerprint density at radius 2 is 2.12 bits per heavy atom. The molecule has 0 amide bonds. The molecule has 134 valence electrons. The second-order valence-electron chi connectivity index (χ2n) is 6.24. The van der Waals surface area contributed by atoms with Crippen LogP contribution in [0.4, 0.5) is 5.82 Å². The average molecular weight is 349 g/mol. The molecule has 0 radical (unpaired) electrons. The molecule has 1 aliphatic heterocycles. The fourth-order valence-electron chi connectivity index (χ4n) is 2.58. The van der Waals surface area contributed by atoms with Crippen LogP contribution < -0.4 is 21.5 Å². The molecule has 2 aromatic rings. The van der Waals surface area contributed by atoms with Crippen LogP contribution in [-0.4, -0.2) is 23.2 Å². The van der Waals surface area contributed by atoms with E-state index in [1.54, 1.807) is 19.4 Å². The molecule has 0 saturated heterocycles.